The van der Waals surface area contributed by atoms with Gasteiger partial charge in [-0.25, -0.2) is 4.98 Å². The molecule has 1 aromatic carbocycles. The van der Waals surface area contributed by atoms with E-state index in [1.165, 1.54) is 17.5 Å². The molecule has 3 rings (SSSR count). The minimum Gasteiger partial charge on any atom is -0.392 e. The molecule has 3 nitrogen and oxygen atoms in total. The zero-order valence-electron chi connectivity index (χ0n) is 12.7. The fourth-order valence-electron chi connectivity index (χ4n) is 3.49. The summed E-state index contributed by atoms with van der Waals surface area (Å²) in [5, 5.41) is 10.7. The maximum Gasteiger partial charge on any atom is 0.111 e. The predicted octanol–water partition coefficient (Wildman–Crippen LogP) is 3.32. The minimum atomic E-state index is -0.343. The molecule has 0 amide bonds. The van der Waals surface area contributed by atoms with Gasteiger partial charge in [-0.15, -0.1) is 0 Å². The fourth-order valence-corrected chi connectivity index (χ4v) is 3.49. The molecule has 1 aliphatic carbocycles. The third-order valence-corrected chi connectivity index (χ3v) is 4.54. The molecular formula is C18H24N2O. The summed E-state index contributed by atoms with van der Waals surface area (Å²) in [7, 11) is 0. The average Bonchev–Trinajstić information content (AvgIpc) is 2.94. The summed E-state index contributed by atoms with van der Waals surface area (Å²) in [6.45, 7) is 3.14. The first-order chi connectivity index (χ1) is 10.3. The van der Waals surface area contributed by atoms with Gasteiger partial charge in [-0.05, 0) is 36.8 Å². The second kappa shape index (κ2) is 6.44. The topological polar surface area (TPSA) is 38.0 Å². The van der Waals surface area contributed by atoms with Crippen molar-refractivity contribution in [3.05, 3.63) is 53.6 Å². The van der Waals surface area contributed by atoms with Crippen molar-refractivity contribution in [2.75, 3.05) is 0 Å². The van der Waals surface area contributed by atoms with Gasteiger partial charge < -0.3 is 9.67 Å². The third-order valence-electron chi connectivity index (χ3n) is 4.54. The van der Waals surface area contributed by atoms with Gasteiger partial charge in [0.2, 0.25) is 0 Å². The summed E-state index contributed by atoms with van der Waals surface area (Å²) >= 11 is 0. The SMILES string of the molecule is CCCn1ccnc1CC(O)C1CCCc2ccccc21. The van der Waals surface area contributed by atoms with E-state index in [2.05, 4.69) is 40.7 Å². The Morgan fingerprint density at radius 2 is 2.24 bits per heavy atom. The number of hydrogen-bond donors (Lipinski definition) is 1. The van der Waals surface area contributed by atoms with Crippen LogP contribution in [0, 0.1) is 0 Å². The molecule has 1 heterocycles. The van der Waals surface area contributed by atoms with Crippen molar-refractivity contribution in [3.63, 3.8) is 0 Å². The van der Waals surface area contributed by atoms with Crippen molar-refractivity contribution in [1.29, 1.82) is 0 Å². The van der Waals surface area contributed by atoms with Gasteiger partial charge in [-0.1, -0.05) is 31.2 Å². The molecule has 0 fully saturated rings. The molecule has 0 saturated carbocycles. The summed E-state index contributed by atoms with van der Waals surface area (Å²) in [4.78, 5) is 4.43. The lowest BCUT2D eigenvalue weighted by Crippen LogP contribution is -2.26. The van der Waals surface area contributed by atoms with Crippen LogP contribution in [-0.2, 0) is 19.4 Å². The molecule has 1 aliphatic rings. The predicted molar refractivity (Wildman–Crippen MR) is 84.3 cm³/mol. The first-order valence-corrected chi connectivity index (χ1v) is 8.05. The Morgan fingerprint density at radius 3 is 3.10 bits per heavy atom. The van der Waals surface area contributed by atoms with Gasteiger partial charge in [0.15, 0.2) is 0 Å². The van der Waals surface area contributed by atoms with Crippen LogP contribution in [0.5, 0.6) is 0 Å². The van der Waals surface area contributed by atoms with Crippen LogP contribution >= 0.6 is 0 Å². The number of aliphatic hydroxyl groups excluding tert-OH is 1. The lowest BCUT2D eigenvalue weighted by atomic mass is 9.79. The first kappa shape index (κ1) is 14.3. The van der Waals surface area contributed by atoms with Crippen LogP contribution in [0.25, 0.3) is 0 Å². The molecule has 0 bridgehead atoms. The number of aliphatic hydroxyl groups is 1. The maximum atomic E-state index is 10.7. The van der Waals surface area contributed by atoms with E-state index in [-0.39, 0.29) is 12.0 Å². The first-order valence-electron chi connectivity index (χ1n) is 8.05. The average molecular weight is 284 g/mol. The highest BCUT2D eigenvalue weighted by molar-refractivity contribution is 5.33. The van der Waals surface area contributed by atoms with Crippen LogP contribution in [0.4, 0.5) is 0 Å². The van der Waals surface area contributed by atoms with Gasteiger partial charge in [-0.3, -0.25) is 0 Å². The van der Waals surface area contributed by atoms with Crippen LogP contribution in [0.3, 0.4) is 0 Å². The number of aromatic nitrogens is 2. The quantitative estimate of drug-likeness (QED) is 0.914. The summed E-state index contributed by atoms with van der Waals surface area (Å²) in [6.07, 6.45) is 8.63. The molecule has 2 aromatic rings. The standard InChI is InChI=1S/C18H24N2O/c1-2-11-20-12-10-19-18(20)13-17(21)16-9-5-7-14-6-3-4-8-15(14)16/h3-4,6,8,10,12,16-17,21H,2,5,7,9,11,13H2,1H3. The van der Waals surface area contributed by atoms with E-state index >= 15 is 0 Å². The Kier molecular flexibility index (Phi) is 4.39. The van der Waals surface area contributed by atoms with Crippen molar-refractivity contribution >= 4 is 0 Å². The van der Waals surface area contributed by atoms with Crippen molar-refractivity contribution in [2.45, 2.75) is 57.6 Å². The Labute approximate surface area is 126 Å². The highest BCUT2D eigenvalue weighted by Crippen LogP contribution is 2.34. The zero-order chi connectivity index (χ0) is 14.7. The Bertz CT molecular complexity index is 590. The van der Waals surface area contributed by atoms with E-state index in [9.17, 15) is 5.11 Å². The van der Waals surface area contributed by atoms with Crippen LogP contribution in [0.15, 0.2) is 36.7 Å². The van der Waals surface area contributed by atoms with Gasteiger partial charge in [0.1, 0.15) is 5.82 Å². The van der Waals surface area contributed by atoms with Gasteiger partial charge >= 0.3 is 0 Å². The number of fused-ring (bicyclic) bond motifs is 1. The summed E-state index contributed by atoms with van der Waals surface area (Å²) in [5.74, 6) is 1.26. The molecule has 1 aromatic heterocycles. The molecule has 1 N–H and O–H groups in total. The molecule has 0 saturated heterocycles. The van der Waals surface area contributed by atoms with Crippen LogP contribution in [0.1, 0.15) is 49.1 Å². The third kappa shape index (κ3) is 3.03. The number of imidazole rings is 1. The smallest absolute Gasteiger partial charge is 0.111 e. The zero-order valence-corrected chi connectivity index (χ0v) is 12.7. The Balaban J connectivity index is 1.77. The number of aryl methyl sites for hydroxylation is 2. The number of rotatable bonds is 5. The molecule has 2 unspecified atom stereocenters. The molecule has 0 aliphatic heterocycles. The second-order valence-electron chi connectivity index (χ2n) is 6.01. The van der Waals surface area contributed by atoms with E-state index in [4.69, 9.17) is 0 Å². The van der Waals surface area contributed by atoms with Gasteiger partial charge in [0.05, 0.1) is 6.10 Å². The Hall–Kier alpha value is -1.61. The molecule has 0 radical (unpaired) electrons. The van der Waals surface area contributed by atoms with E-state index in [0.717, 1.165) is 31.6 Å². The summed E-state index contributed by atoms with van der Waals surface area (Å²) in [5.41, 5.74) is 2.74. The molecule has 0 spiro atoms. The number of nitrogens with zero attached hydrogens (tertiary/aromatic N) is 2. The lowest BCUT2D eigenvalue weighted by molar-refractivity contribution is 0.131. The second-order valence-corrected chi connectivity index (χ2v) is 6.01. The van der Waals surface area contributed by atoms with Crippen LogP contribution in [-0.4, -0.2) is 20.8 Å². The van der Waals surface area contributed by atoms with Crippen LogP contribution < -0.4 is 0 Å². The largest absolute Gasteiger partial charge is 0.392 e. The van der Waals surface area contributed by atoms with E-state index in [0.29, 0.717) is 6.42 Å². The molecular weight excluding hydrogens is 260 g/mol. The summed E-state index contributed by atoms with van der Waals surface area (Å²) in [6, 6.07) is 8.57. The van der Waals surface area contributed by atoms with Crippen molar-refractivity contribution in [1.82, 2.24) is 9.55 Å². The fraction of sp³-hybridized carbons (Fsp3) is 0.500. The highest BCUT2D eigenvalue weighted by Gasteiger charge is 2.27. The molecule has 112 valence electrons. The van der Waals surface area contributed by atoms with E-state index < -0.39 is 0 Å². The minimum absolute atomic E-state index is 0.252. The maximum absolute atomic E-state index is 10.7. The van der Waals surface area contributed by atoms with Crippen molar-refractivity contribution < 1.29 is 5.11 Å². The normalized spacial score (nSPS) is 19.2. The molecule has 3 heteroatoms. The number of benzene rings is 1. The van der Waals surface area contributed by atoms with Crippen LogP contribution in [0.2, 0.25) is 0 Å². The van der Waals surface area contributed by atoms with E-state index in [1.807, 2.05) is 12.4 Å². The molecule has 21 heavy (non-hydrogen) atoms. The monoisotopic (exact) mass is 284 g/mol. The van der Waals surface area contributed by atoms with Gasteiger partial charge in [0, 0.05) is 31.3 Å². The van der Waals surface area contributed by atoms with Gasteiger partial charge in [0.25, 0.3) is 0 Å². The highest BCUT2D eigenvalue weighted by atomic mass is 16.3. The number of hydrogen-bond acceptors (Lipinski definition) is 2. The van der Waals surface area contributed by atoms with Crippen molar-refractivity contribution in [3.8, 4) is 0 Å². The van der Waals surface area contributed by atoms with E-state index in [1.54, 1.807) is 0 Å². The lowest BCUT2D eigenvalue weighted by Gasteiger charge is -2.29. The molecule has 2 atom stereocenters. The summed E-state index contributed by atoms with van der Waals surface area (Å²) < 4.78 is 2.16. The van der Waals surface area contributed by atoms with Crippen molar-refractivity contribution in [2.24, 2.45) is 0 Å². The van der Waals surface area contributed by atoms with Gasteiger partial charge in [-0.2, -0.15) is 0 Å². The Morgan fingerprint density at radius 1 is 1.38 bits per heavy atom.